The van der Waals surface area contributed by atoms with Crippen LogP contribution in [0.3, 0.4) is 0 Å². The van der Waals surface area contributed by atoms with Crippen molar-refractivity contribution in [3.63, 3.8) is 0 Å². The smallest absolute Gasteiger partial charge is 0.325 e. The Kier molecular flexibility index (Phi) is 7.22. The molecule has 1 aliphatic heterocycles. The molecule has 0 saturated carbocycles. The maximum Gasteiger partial charge on any atom is 0.325 e. The zero-order chi connectivity index (χ0) is 21.3. The summed E-state index contributed by atoms with van der Waals surface area (Å²) < 4.78 is 15.6. The third kappa shape index (κ3) is 6.21. The molecule has 3 N–H and O–H groups in total. The van der Waals surface area contributed by atoms with Gasteiger partial charge in [0.25, 0.3) is 11.8 Å². The monoisotopic (exact) mass is 433 g/mol. The lowest BCUT2D eigenvalue weighted by atomic mass is 10.2. The van der Waals surface area contributed by atoms with Crippen LogP contribution < -0.4 is 25.4 Å². The molecule has 11 heteroatoms. The van der Waals surface area contributed by atoms with Crippen molar-refractivity contribution in [2.24, 2.45) is 0 Å². The molecule has 4 amide bonds. The average molecular weight is 433 g/mol. The summed E-state index contributed by atoms with van der Waals surface area (Å²) in [7, 11) is 0. The molecule has 0 unspecified atom stereocenters. The number of ether oxygens (including phenoxy) is 3. The topological polar surface area (TPSA) is 132 Å². The van der Waals surface area contributed by atoms with Gasteiger partial charge in [0, 0.05) is 18.3 Å². The molecule has 0 fully saturated rings. The standard InChI is InChI=1S/C19H19N3O7S/c23-16(11-29-17(24)5-6-20-18(25)15-2-1-9-30-15)22-19(26)21-12-3-4-13-14(10-12)28-8-7-27-13/h1-4,9-10H,5-8,11H2,(H,20,25)(H2,21,22,23,26). The van der Waals surface area contributed by atoms with Gasteiger partial charge in [0.2, 0.25) is 0 Å². The van der Waals surface area contributed by atoms with Gasteiger partial charge < -0.3 is 24.8 Å². The Balaban J connectivity index is 1.33. The van der Waals surface area contributed by atoms with Crippen molar-refractivity contribution in [1.29, 1.82) is 0 Å². The number of benzene rings is 1. The fraction of sp³-hybridized carbons (Fsp3) is 0.263. The van der Waals surface area contributed by atoms with Crippen LogP contribution in [-0.2, 0) is 14.3 Å². The number of urea groups is 1. The van der Waals surface area contributed by atoms with Crippen molar-refractivity contribution in [1.82, 2.24) is 10.6 Å². The number of fused-ring (bicyclic) bond motifs is 1. The van der Waals surface area contributed by atoms with Crippen molar-refractivity contribution in [2.75, 3.05) is 31.7 Å². The summed E-state index contributed by atoms with van der Waals surface area (Å²) in [6.07, 6.45) is -0.103. The second-order valence-corrected chi connectivity index (χ2v) is 6.95. The molecular formula is C19H19N3O7S. The van der Waals surface area contributed by atoms with Crippen LogP contribution in [0.5, 0.6) is 11.5 Å². The van der Waals surface area contributed by atoms with Crippen molar-refractivity contribution < 1.29 is 33.4 Å². The molecule has 3 rings (SSSR count). The van der Waals surface area contributed by atoms with Crippen LogP contribution in [0.25, 0.3) is 0 Å². The zero-order valence-electron chi connectivity index (χ0n) is 15.8. The molecule has 30 heavy (non-hydrogen) atoms. The number of carbonyl (C=O) groups excluding carboxylic acids is 4. The Morgan fingerprint density at radius 1 is 1.07 bits per heavy atom. The minimum atomic E-state index is -0.791. The summed E-state index contributed by atoms with van der Waals surface area (Å²) in [6, 6.07) is 7.45. The molecule has 1 aromatic carbocycles. The highest BCUT2D eigenvalue weighted by Crippen LogP contribution is 2.32. The van der Waals surface area contributed by atoms with Gasteiger partial charge in [-0.3, -0.25) is 19.7 Å². The molecule has 158 valence electrons. The van der Waals surface area contributed by atoms with Gasteiger partial charge in [-0.15, -0.1) is 11.3 Å². The van der Waals surface area contributed by atoms with E-state index in [-0.39, 0.29) is 18.9 Å². The van der Waals surface area contributed by atoms with Crippen LogP contribution in [0.1, 0.15) is 16.1 Å². The van der Waals surface area contributed by atoms with E-state index in [0.717, 1.165) is 0 Å². The second kappa shape index (κ2) is 10.3. The highest BCUT2D eigenvalue weighted by molar-refractivity contribution is 7.12. The van der Waals surface area contributed by atoms with Gasteiger partial charge in [0.05, 0.1) is 11.3 Å². The van der Waals surface area contributed by atoms with Gasteiger partial charge in [-0.2, -0.15) is 0 Å². The SMILES string of the molecule is O=C(COC(=O)CCNC(=O)c1cccs1)NC(=O)Nc1ccc2c(c1)OCCO2. The van der Waals surface area contributed by atoms with Gasteiger partial charge in [-0.1, -0.05) is 6.07 Å². The van der Waals surface area contributed by atoms with Crippen molar-refractivity contribution >= 4 is 40.8 Å². The highest BCUT2D eigenvalue weighted by Gasteiger charge is 2.15. The Morgan fingerprint density at radius 2 is 1.87 bits per heavy atom. The fourth-order valence-corrected chi connectivity index (χ4v) is 3.08. The lowest BCUT2D eigenvalue weighted by molar-refractivity contribution is -0.148. The first-order valence-corrected chi connectivity index (χ1v) is 9.87. The summed E-state index contributed by atoms with van der Waals surface area (Å²) in [5, 5.41) is 8.87. The predicted molar refractivity (Wildman–Crippen MR) is 107 cm³/mol. The third-order valence-corrected chi connectivity index (χ3v) is 4.65. The van der Waals surface area contributed by atoms with Crippen LogP contribution in [0, 0.1) is 0 Å². The van der Waals surface area contributed by atoms with E-state index in [1.54, 1.807) is 35.7 Å². The average Bonchev–Trinajstić information content (AvgIpc) is 3.27. The molecule has 0 aliphatic carbocycles. The molecule has 1 aliphatic rings. The Morgan fingerprint density at radius 3 is 2.63 bits per heavy atom. The van der Waals surface area contributed by atoms with E-state index < -0.39 is 24.5 Å². The second-order valence-electron chi connectivity index (χ2n) is 6.00. The predicted octanol–water partition coefficient (Wildman–Crippen LogP) is 1.53. The van der Waals surface area contributed by atoms with Gasteiger partial charge in [0.1, 0.15) is 13.2 Å². The lowest BCUT2D eigenvalue weighted by Gasteiger charge is -2.19. The first-order chi connectivity index (χ1) is 14.5. The van der Waals surface area contributed by atoms with Gasteiger partial charge >= 0.3 is 12.0 Å². The van der Waals surface area contributed by atoms with Crippen LogP contribution >= 0.6 is 11.3 Å². The van der Waals surface area contributed by atoms with E-state index in [1.807, 2.05) is 0 Å². The van der Waals surface area contributed by atoms with E-state index in [9.17, 15) is 19.2 Å². The number of amides is 4. The minimum Gasteiger partial charge on any atom is -0.486 e. The third-order valence-electron chi connectivity index (χ3n) is 3.78. The van der Waals surface area contributed by atoms with Crippen molar-refractivity contribution in [3.05, 3.63) is 40.6 Å². The number of rotatable bonds is 7. The summed E-state index contributed by atoms with van der Waals surface area (Å²) in [4.78, 5) is 47.6. The number of hydrogen-bond acceptors (Lipinski definition) is 8. The van der Waals surface area contributed by atoms with E-state index >= 15 is 0 Å². The maximum absolute atomic E-state index is 11.9. The van der Waals surface area contributed by atoms with Crippen LogP contribution in [-0.4, -0.2) is 50.2 Å². The Labute approximate surface area is 175 Å². The molecule has 1 aromatic heterocycles. The number of esters is 1. The van der Waals surface area contributed by atoms with Crippen molar-refractivity contribution in [2.45, 2.75) is 6.42 Å². The first-order valence-electron chi connectivity index (χ1n) is 8.99. The van der Waals surface area contributed by atoms with Crippen LogP contribution in [0.4, 0.5) is 10.5 Å². The summed E-state index contributed by atoms with van der Waals surface area (Å²) in [6.45, 7) is 0.312. The molecule has 0 radical (unpaired) electrons. The molecular weight excluding hydrogens is 414 g/mol. The van der Waals surface area contributed by atoms with Gasteiger partial charge in [0.15, 0.2) is 18.1 Å². The van der Waals surface area contributed by atoms with E-state index in [1.165, 1.54) is 11.3 Å². The number of carbonyl (C=O) groups is 4. The molecule has 2 heterocycles. The minimum absolute atomic E-state index is 0.0712. The number of nitrogens with one attached hydrogen (secondary N) is 3. The van der Waals surface area contributed by atoms with E-state index in [2.05, 4.69) is 16.0 Å². The lowest BCUT2D eigenvalue weighted by Crippen LogP contribution is -2.37. The van der Waals surface area contributed by atoms with Crippen molar-refractivity contribution in [3.8, 4) is 11.5 Å². The molecule has 0 atom stereocenters. The number of thiophene rings is 1. The molecule has 0 spiro atoms. The number of hydrogen-bond donors (Lipinski definition) is 3. The normalized spacial score (nSPS) is 11.9. The largest absolute Gasteiger partial charge is 0.486 e. The highest BCUT2D eigenvalue weighted by atomic mass is 32.1. The molecule has 10 nitrogen and oxygen atoms in total. The summed E-state index contributed by atoms with van der Waals surface area (Å²) in [5.74, 6) is -0.691. The quantitative estimate of drug-likeness (QED) is 0.564. The van der Waals surface area contributed by atoms with E-state index in [0.29, 0.717) is 35.3 Å². The molecule has 0 saturated heterocycles. The first kappa shape index (κ1) is 21.1. The fourth-order valence-electron chi connectivity index (χ4n) is 2.44. The number of anilines is 1. The number of imide groups is 1. The Hall–Kier alpha value is -3.60. The van der Waals surface area contributed by atoms with Crippen LogP contribution in [0.2, 0.25) is 0 Å². The summed E-state index contributed by atoms with van der Waals surface area (Å²) >= 11 is 1.28. The molecule has 2 aromatic rings. The Bertz CT molecular complexity index is 930. The van der Waals surface area contributed by atoms with Crippen LogP contribution in [0.15, 0.2) is 35.7 Å². The van der Waals surface area contributed by atoms with Gasteiger partial charge in [-0.05, 0) is 23.6 Å². The zero-order valence-corrected chi connectivity index (χ0v) is 16.6. The van der Waals surface area contributed by atoms with E-state index in [4.69, 9.17) is 14.2 Å². The van der Waals surface area contributed by atoms with Gasteiger partial charge in [-0.25, -0.2) is 4.79 Å². The maximum atomic E-state index is 11.9. The molecule has 0 bridgehead atoms. The summed E-state index contributed by atoms with van der Waals surface area (Å²) in [5.41, 5.74) is 0.406.